The molecule has 0 bridgehead atoms. The fraction of sp³-hybridized carbons (Fsp3) is 0. The molecule has 2 heterocycles. The van der Waals surface area contributed by atoms with E-state index in [4.69, 9.17) is 4.98 Å². The van der Waals surface area contributed by atoms with E-state index in [0.717, 1.165) is 28.1 Å². The highest BCUT2D eigenvalue weighted by Crippen LogP contribution is 2.48. The molecule has 2 nitrogen and oxygen atoms in total. The van der Waals surface area contributed by atoms with Crippen molar-refractivity contribution in [2.45, 2.75) is 0 Å². The summed E-state index contributed by atoms with van der Waals surface area (Å²) in [4.78, 5) is 5.25. The summed E-state index contributed by atoms with van der Waals surface area (Å²) in [6.07, 6.45) is 0. The molecular weight excluding hydrogens is 601 g/mol. The maximum absolute atomic E-state index is 5.25. The number of para-hydroxylation sites is 2. The van der Waals surface area contributed by atoms with Crippen LogP contribution >= 0.6 is 11.3 Å². The van der Waals surface area contributed by atoms with Crippen molar-refractivity contribution in [1.29, 1.82) is 0 Å². The molecule has 0 amide bonds. The molecule has 48 heavy (non-hydrogen) atoms. The number of rotatable bonds is 4. The van der Waals surface area contributed by atoms with Gasteiger partial charge in [0, 0.05) is 36.5 Å². The maximum Gasteiger partial charge on any atom is 0.145 e. The van der Waals surface area contributed by atoms with Gasteiger partial charge < -0.3 is 0 Å². The third kappa shape index (κ3) is 4.08. The summed E-state index contributed by atoms with van der Waals surface area (Å²) in [5, 5.41) is 7.47. The van der Waals surface area contributed by atoms with Gasteiger partial charge in [0.1, 0.15) is 5.82 Å². The van der Waals surface area contributed by atoms with Gasteiger partial charge in [0.05, 0.1) is 16.7 Å². The van der Waals surface area contributed by atoms with Crippen molar-refractivity contribution in [2.24, 2.45) is 0 Å². The summed E-state index contributed by atoms with van der Waals surface area (Å²) in [6.45, 7) is 0. The second-order valence-electron chi connectivity index (χ2n) is 12.3. The number of imidazole rings is 1. The summed E-state index contributed by atoms with van der Waals surface area (Å²) < 4.78 is 5.01. The van der Waals surface area contributed by atoms with Crippen molar-refractivity contribution < 1.29 is 0 Å². The molecule has 0 aliphatic heterocycles. The Kier molecular flexibility index (Phi) is 6.08. The Morgan fingerprint density at radius 3 is 1.92 bits per heavy atom. The lowest BCUT2D eigenvalue weighted by molar-refractivity contribution is 1.13. The predicted octanol–water partition coefficient (Wildman–Crippen LogP) is 12.7. The van der Waals surface area contributed by atoms with Crippen LogP contribution < -0.4 is 0 Å². The zero-order valence-electron chi connectivity index (χ0n) is 26.0. The molecule has 0 spiro atoms. The van der Waals surface area contributed by atoms with Crippen LogP contribution in [0.4, 0.5) is 0 Å². The summed E-state index contributed by atoms with van der Waals surface area (Å²) in [5.41, 5.74) is 9.25. The number of thiophene rings is 1. The Bertz CT molecular complexity index is 2830. The van der Waals surface area contributed by atoms with Crippen LogP contribution in [0.15, 0.2) is 170 Å². The number of aromatic nitrogens is 2. The minimum Gasteiger partial charge on any atom is -0.291 e. The first kappa shape index (κ1) is 27.1. The average Bonchev–Trinajstić information content (AvgIpc) is 3.73. The minimum absolute atomic E-state index is 0.939. The van der Waals surface area contributed by atoms with Gasteiger partial charge in [0.25, 0.3) is 0 Å². The van der Waals surface area contributed by atoms with E-state index < -0.39 is 0 Å². The summed E-state index contributed by atoms with van der Waals surface area (Å²) >= 11 is 1.87. The van der Waals surface area contributed by atoms with Crippen LogP contribution in [0.1, 0.15) is 0 Å². The lowest BCUT2D eigenvalue weighted by Gasteiger charge is -2.21. The molecule has 3 heteroatoms. The van der Waals surface area contributed by atoms with Crippen LogP contribution in [0.5, 0.6) is 0 Å². The molecule has 0 aliphatic rings. The number of fused-ring (bicyclic) bond motifs is 6. The van der Waals surface area contributed by atoms with Crippen LogP contribution in [-0.4, -0.2) is 9.55 Å². The van der Waals surface area contributed by atoms with Gasteiger partial charge >= 0.3 is 0 Å². The Labute approximate surface area is 281 Å². The van der Waals surface area contributed by atoms with E-state index in [1.54, 1.807) is 0 Å². The Morgan fingerprint density at radius 1 is 0.438 bits per heavy atom. The monoisotopic (exact) mass is 628 g/mol. The minimum atomic E-state index is 0.939. The van der Waals surface area contributed by atoms with Gasteiger partial charge in [0.15, 0.2) is 0 Å². The van der Waals surface area contributed by atoms with Crippen molar-refractivity contribution in [2.75, 3.05) is 0 Å². The van der Waals surface area contributed by atoms with Crippen molar-refractivity contribution in [1.82, 2.24) is 9.55 Å². The Hall–Kier alpha value is -6.03. The van der Waals surface area contributed by atoms with E-state index in [0.29, 0.717) is 0 Å². The van der Waals surface area contributed by atoms with Crippen molar-refractivity contribution in [3.63, 3.8) is 0 Å². The smallest absolute Gasteiger partial charge is 0.145 e. The van der Waals surface area contributed by atoms with Crippen molar-refractivity contribution >= 4 is 64.1 Å². The van der Waals surface area contributed by atoms with Crippen molar-refractivity contribution in [3.8, 4) is 39.3 Å². The first-order valence-corrected chi connectivity index (χ1v) is 17.1. The lowest BCUT2D eigenvalue weighted by atomic mass is 9.87. The van der Waals surface area contributed by atoms with Crippen LogP contribution in [-0.2, 0) is 0 Å². The van der Waals surface area contributed by atoms with Crippen LogP contribution in [0.3, 0.4) is 0 Å². The Morgan fingerprint density at radius 2 is 1.08 bits per heavy atom. The average molecular weight is 629 g/mol. The molecule has 0 unspecified atom stereocenters. The number of hydrogen-bond donors (Lipinski definition) is 0. The molecule has 0 atom stereocenters. The highest BCUT2D eigenvalue weighted by Gasteiger charge is 2.23. The summed E-state index contributed by atoms with van der Waals surface area (Å²) in [7, 11) is 0. The second kappa shape index (κ2) is 10.8. The van der Waals surface area contributed by atoms with Gasteiger partial charge in [-0.15, -0.1) is 11.3 Å². The molecule has 0 saturated heterocycles. The molecule has 2 aromatic heterocycles. The van der Waals surface area contributed by atoms with E-state index in [1.807, 2.05) is 11.3 Å². The highest BCUT2D eigenvalue weighted by atomic mass is 32.1. The van der Waals surface area contributed by atoms with Crippen LogP contribution in [0, 0.1) is 0 Å². The molecule has 224 valence electrons. The van der Waals surface area contributed by atoms with E-state index in [9.17, 15) is 0 Å². The first-order chi connectivity index (χ1) is 23.8. The zero-order chi connectivity index (χ0) is 31.6. The van der Waals surface area contributed by atoms with Gasteiger partial charge in [-0.1, -0.05) is 140 Å². The fourth-order valence-corrected chi connectivity index (χ4v) is 8.64. The maximum atomic E-state index is 5.25. The molecule has 0 aliphatic carbocycles. The normalized spacial score (nSPS) is 11.8. The van der Waals surface area contributed by atoms with E-state index >= 15 is 0 Å². The number of hydrogen-bond acceptors (Lipinski definition) is 2. The molecule has 8 aromatic carbocycles. The molecule has 0 N–H and O–H groups in total. The van der Waals surface area contributed by atoms with Gasteiger partial charge in [-0.05, 0) is 63.4 Å². The predicted molar refractivity (Wildman–Crippen MR) is 205 cm³/mol. The lowest BCUT2D eigenvalue weighted by Crippen LogP contribution is -2.02. The second-order valence-corrected chi connectivity index (χ2v) is 13.4. The SMILES string of the molecule is c1ccc(-c2ccc3c(-n4c(-c5ccccc5)nc5ccccc54)c4ccccc4c(-c4cccc5sc6ccccc6c45)c3c2)cc1. The fourth-order valence-electron chi connectivity index (χ4n) is 7.51. The van der Waals surface area contributed by atoms with E-state index in [-0.39, 0.29) is 0 Å². The molecule has 0 radical (unpaired) electrons. The topological polar surface area (TPSA) is 17.8 Å². The largest absolute Gasteiger partial charge is 0.291 e. The molecule has 10 rings (SSSR count). The van der Waals surface area contributed by atoms with Gasteiger partial charge in [0.2, 0.25) is 0 Å². The van der Waals surface area contributed by atoms with Gasteiger partial charge in [-0.3, -0.25) is 4.57 Å². The molecular formula is C45H28N2S. The third-order valence-electron chi connectivity index (χ3n) is 9.59. The van der Waals surface area contributed by atoms with Gasteiger partial charge in [-0.2, -0.15) is 0 Å². The standard InChI is InChI=1S/C45H28N2S/c1-3-14-29(15-4-1)31-26-27-34-37(28-31)42(36-21-13-25-41-43(36)35-20-9-12-24-40(35)48-41)32-18-7-8-19-33(32)44(34)47-39-23-11-10-22-38(39)46-45(47)30-16-5-2-6-17-30/h1-28H. The number of benzene rings is 8. The van der Waals surface area contributed by atoms with Crippen LogP contribution in [0.2, 0.25) is 0 Å². The molecule has 0 saturated carbocycles. The summed E-state index contributed by atoms with van der Waals surface area (Å²) in [6, 6.07) is 61.4. The highest BCUT2D eigenvalue weighted by molar-refractivity contribution is 7.25. The zero-order valence-corrected chi connectivity index (χ0v) is 26.8. The summed E-state index contributed by atoms with van der Waals surface area (Å²) in [5.74, 6) is 0.939. The van der Waals surface area contributed by atoms with E-state index in [1.165, 1.54) is 64.0 Å². The van der Waals surface area contributed by atoms with E-state index in [2.05, 4.69) is 174 Å². The van der Waals surface area contributed by atoms with Crippen LogP contribution in [0.25, 0.3) is 92.1 Å². The third-order valence-corrected chi connectivity index (χ3v) is 10.7. The molecule has 0 fully saturated rings. The molecule has 10 aromatic rings. The van der Waals surface area contributed by atoms with Crippen molar-refractivity contribution in [3.05, 3.63) is 170 Å². The number of nitrogens with zero attached hydrogens (tertiary/aromatic N) is 2. The Balaban J connectivity index is 1.41. The quantitative estimate of drug-likeness (QED) is 0.177. The first-order valence-electron chi connectivity index (χ1n) is 16.3. The van der Waals surface area contributed by atoms with Gasteiger partial charge in [-0.25, -0.2) is 4.98 Å².